The maximum atomic E-state index is 10.5. The first-order chi connectivity index (χ1) is 6.63. The summed E-state index contributed by atoms with van der Waals surface area (Å²) in [5.74, 6) is -0.466. The van der Waals surface area contributed by atoms with Gasteiger partial charge in [-0.1, -0.05) is 6.07 Å². The van der Waals surface area contributed by atoms with Crippen LogP contribution in [-0.4, -0.2) is 28.4 Å². The molecular formula is C9H11NO3S. The monoisotopic (exact) mass is 213 g/mol. The second-order valence-electron chi connectivity index (χ2n) is 2.73. The molecule has 1 heterocycles. The van der Waals surface area contributed by atoms with Gasteiger partial charge in [0.05, 0.1) is 7.11 Å². The molecule has 0 fully saturated rings. The average molecular weight is 213 g/mol. The molecule has 0 aliphatic carbocycles. The fourth-order valence-corrected chi connectivity index (χ4v) is 1.16. The molecule has 4 nitrogen and oxygen atoms in total. The molecule has 0 saturated carbocycles. The summed E-state index contributed by atoms with van der Waals surface area (Å²) in [5.41, 5.74) is 0.659. The van der Waals surface area contributed by atoms with Crippen LogP contribution in [0.2, 0.25) is 0 Å². The van der Waals surface area contributed by atoms with E-state index in [9.17, 15) is 4.79 Å². The number of ether oxygens (including phenoxy) is 1. The van der Waals surface area contributed by atoms with Gasteiger partial charge >= 0.3 is 5.97 Å². The lowest BCUT2D eigenvalue weighted by atomic mass is 10.2. The van der Waals surface area contributed by atoms with Crippen molar-refractivity contribution in [2.24, 2.45) is 0 Å². The van der Waals surface area contributed by atoms with Gasteiger partial charge in [-0.05, 0) is 6.07 Å². The van der Waals surface area contributed by atoms with Crippen LogP contribution in [0.5, 0.6) is 5.88 Å². The molecule has 76 valence electrons. The number of hydrogen-bond acceptors (Lipinski definition) is 4. The number of thiol groups is 1. The topological polar surface area (TPSA) is 59.4 Å². The van der Waals surface area contributed by atoms with Gasteiger partial charge < -0.3 is 9.84 Å². The highest BCUT2D eigenvalue weighted by Crippen LogP contribution is 2.10. The van der Waals surface area contributed by atoms with Gasteiger partial charge in [0.15, 0.2) is 0 Å². The Balaban J connectivity index is 2.71. The zero-order valence-electron chi connectivity index (χ0n) is 7.67. The number of aromatic nitrogens is 1. The van der Waals surface area contributed by atoms with Crippen LogP contribution < -0.4 is 4.74 Å². The van der Waals surface area contributed by atoms with Crippen LogP contribution in [0.3, 0.4) is 0 Å². The number of nitrogens with zero attached hydrogens (tertiary/aromatic N) is 1. The van der Waals surface area contributed by atoms with Crippen molar-refractivity contribution < 1.29 is 14.6 Å². The molecule has 1 aromatic heterocycles. The van der Waals surface area contributed by atoms with Crippen molar-refractivity contribution >= 4 is 18.6 Å². The first-order valence-electron chi connectivity index (χ1n) is 4.04. The second kappa shape index (κ2) is 4.85. The Morgan fingerprint density at radius 3 is 3.00 bits per heavy atom. The summed E-state index contributed by atoms with van der Waals surface area (Å²) >= 11 is 3.92. The van der Waals surface area contributed by atoms with Gasteiger partial charge in [-0.3, -0.25) is 4.79 Å². The molecule has 1 rings (SSSR count). The number of rotatable bonds is 4. The number of aliphatic carboxylic acids is 1. The van der Waals surface area contributed by atoms with Crippen LogP contribution in [0.15, 0.2) is 18.2 Å². The first-order valence-corrected chi connectivity index (χ1v) is 4.56. The van der Waals surface area contributed by atoms with Crippen molar-refractivity contribution in [2.75, 3.05) is 7.11 Å². The fraction of sp³-hybridized carbons (Fsp3) is 0.333. The number of pyridine rings is 1. The molecule has 0 aliphatic rings. The van der Waals surface area contributed by atoms with Crippen molar-refractivity contribution in [3.63, 3.8) is 0 Å². The summed E-state index contributed by atoms with van der Waals surface area (Å²) in [6.45, 7) is 0. The molecular weight excluding hydrogens is 202 g/mol. The van der Waals surface area contributed by atoms with Gasteiger partial charge in [-0.2, -0.15) is 12.6 Å². The molecule has 0 aromatic carbocycles. The van der Waals surface area contributed by atoms with E-state index in [0.29, 0.717) is 11.6 Å². The van der Waals surface area contributed by atoms with Crippen LogP contribution in [0.4, 0.5) is 0 Å². The number of carboxylic acid groups (broad SMARTS) is 1. The van der Waals surface area contributed by atoms with E-state index in [1.807, 2.05) is 0 Å². The summed E-state index contributed by atoms with van der Waals surface area (Å²) in [5, 5.41) is 7.91. The molecule has 0 saturated heterocycles. The van der Waals surface area contributed by atoms with Crippen LogP contribution in [0, 0.1) is 0 Å². The van der Waals surface area contributed by atoms with Crippen molar-refractivity contribution in [1.29, 1.82) is 0 Å². The van der Waals surface area contributed by atoms with E-state index in [1.54, 1.807) is 18.2 Å². The number of methoxy groups -OCH3 is 1. The predicted octanol–water partition coefficient (Wildman–Crippen LogP) is 1.02. The first kappa shape index (κ1) is 10.8. The van der Waals surface area contributed by atoms with Gasteiger partial charge in [0.25, 0.3) is 0 Å². The number of carboxylic acids is 1. The van der Waals surface area contributed by atoms with E-state index in [1.165, 1.54) is 7.11 Å². The highest BCUT2D eigenvalue weighted by molar-refractivity contribution is 7.81. The van der Waals surface area contributed by atoms with Gasteiger partial charge in [0.1, 0.15) is 5.25 Å². The quantitative estimate of drug-likeness (QED) is 0.733. The van der Waals surface area contributed by atoms with E-state index < -0.39 is 11.2 Å². The highest BCUT2D eigenvalue weighted by atomic mass is 32.1. The van der Waals surface area contributed by atoms with E-state index in [0.717, 1.165) is 0 Å². The van der Waals surface area contributed by atoms with Crippen molar-refractivity contribution in [3.05, 3.63) is 23.9 Å². The van der Waals surface area contributed by atoms with E-state index in [4.69, 9.17) is 9.84 Å². The van der Waals surface area contributed by atoms with E-state index >= 15 is 0 Å². The Bertz CT molecular complexity index is 330. The average Bonchev–Trinajstić information content (AvgIpc) is 2.18. The largest absolute Gasteiger partial charge is 0.481 e. The Morgan fingerprint density at radius 1 is 1.71 bits per heavy atom. The lowest BCUT2D eigenvalue weighted by Gasteiger charge is -2.05. The van der Waals surface area contributed by atoms with Crippen LogP contribution in [-0.2, 0) is 11.2 Å². The summed E-state index contributed by atoms with van der Waals surface area (Å²) in [6, 6.07) is 5.22. The summed E-state index contributed by atoms with van der Waals surface area (Å²) in [6.07, 6.45) is 0.287. The third-order valence-electron chi connectivity index (χ3n) is 1.68. The van der Waals surface area contributed by atoms with Crippen molar-refractivity contribution in [2.45, 2.75) is 11.7 Å². The zero-order valence-corrected chi connectivity index (χ0v) is 8.57. The zero-order chi connectivity index (χ0) is 10.6. The molecule has 5 heteroatoms. The minimum absolute atomic E-state index is 0.287. The Hall–Kier alpha value is -1.23. The highest BCUT2D eigenvalue weighted by Gasteiger charge is 2.13. The molecule has 14 heavy (non-hydrogen) atoms. The summed E-state index contributed by atoms with van der Waals surface area (Å²) in [4.78, 5) is 14.6. The second-order valence-corrected chi connectivity index (χ2v) is 3.35. The molecule has 0 aliphatic heterocycles. The lowest BCUT2D eigenvalue weighted by Crippen LogP contribution is -2.16. The third kappa shape index (κ3) is 2.92. The summed E-state index contributed by atoms with van der Waals surface area (Å²) in [7, 11) is 1.52. The molecule has 1 aromatic rings. The maximum Gasteiger partial charge on any atom is 0.316 e. The molecule has 0 bridgehead atoms. The third-order valence-corrected chi connectivity index (χ3v) is 2.08. The molecule has 0 spiro atoms. The summed E-state index contributed by atoms with van der Waals surface area (Å²) < 4.78 is 4.91. The van der Waals surface area contributed by atoms with Crippen molar-refractivity contribution in [3.8, 4) is 5.88 Å². The van der Waals surface area contributed by atoms with E-state index in [-0.39, 0.29) is 6.42 Å². The van der Waals surface area contributed by atoms with E-state index in [2.05, 4.69) is 17.6 Å². The van der Waals surface area contributed by atoms with Crippen LogP contribution in [0.1, 0.15) is 5.69 Å². The number of carbonyl (C=O) groups is 1. The molecule has 1 atom stereocenters. The minimum atomic E-state index is -0.946. The Kier molecular flexibility index (Phi) is 3.76. The van der Waals surface area contributed by atoms with Gasteiger partial charge in [-0.15, -0.1) is 0 Å². The fourth-order valence-electron chi connectivity index (χ4n) is 0.970. The SMILES string of the molecule is COc1cccc(CC(S)C(=O)O)n1. The smallest absolute Gasteiger partial charge is 0.316 e. The van der Waals surface area contributed by atoms with Gasteiger partial charge in [-0.25, -0.2) is 4.98 Å². The van der Waals surface area contributed by atoms with Gasteiger partial charge in [0.2, 0.25) is 5.88 Å². The molecule has 0 radical (unpaired) electrons. The van der Waals surface area contributed by atoms with Crippen molar-refractivity contribution in [1.82, 2.24) is 4.98 Å². The van der Waals surface area contributed by atoms with Crippen LogP contribution in [0.25, 0.3) is 0 Å². The normalized spacial score (nSPS) is 12.1. The number of hydrogen-bond donors (Lipinski definition) is 2. The van der Waals surface area contributed by atoms with Gasteiger partial charge in [0, 0.05) is 18.2 Å². The van der Waals surface area contributed by atoms with Crippen LogP contribution >= 0.6 is 12.6 Å². The standard InChI is InChI=1S/C9H11NO3S/c1-13-8-4-2-3-6(10-8)5-7(14)9(11)12/h2-4,7,14H,5H2,1H3,(H,11,12). The maximum absolute atomic E-state index is 10.5. The minimum Gasteiger partial charge on any atom is -0.481 e. The Labute approximate surface area is 87.3 Å². The molecule has 0 amide bonds. The predicted molar refractivity (Wildman–Crippen MR) is 54.9 cm³/mol. The molecule has 1 N–H and O–H groups in total. The lowest BCUT2D eigenvalue weighted by molar-refractivity contribution is -0.136. The molecule has 1 unspecified atom stereocenters. The Morgan fingerprint density at radius 2 is 2.43 bits per heavy atom.